The summed E-state index contributed by atoms with van der Waals surface area (Å²) in [4.78, 5) is 0. The van der Waals surface area contributed by atoms with Gasteiger partial charge in [-0.1, -0.05) is 19.3 Å². The molecule has 1 fully saturated rings. The fraction of sp³-hybridized carbons (Fsp3) is 1.00. The Hall–Kier alpha value is -0.0800. The lowest BCUT2D eigenvalue weighted by Gasteiger charge is -2.25. The molecule has 2 heteroatoms. The maximum atomic E-state index is 5.47. The van der Waals surface area contributed by atoms with Crippen LogP contribution in [-0.4, -0.2) is 19.1 Å². The van der Waals surface area contributed by atoms with E-state index in [4.69, 9.17) is 5.73 Å². The molecule has 0 bridgehead atoms. The fourth-order valence-electron chi connectivity index (χ4n) is 1.40. The molecule has 0 saturated heterocycles. The highest BCUT2D eigenvalue weighted by atomic mass is 14.9. The Bertz CT molecular complexity index is 95.0. The molecule has 0 spiro atoms. The molecule has 1 saturated carbocycles. The van der Waals surface area contributed by atoms with Crippen LogP contribution in [0.3, 0.4) is 0 Å². The van der Waals surface area contributed by atoms with Gasteiger partial charge in [0.05, 0.1) is 0 Å². The van der Waals surface area contributed by atoms with E-state index in [0.29, 0.717) is 6.04 Å². The lowest BCUT2D eigenvalue weighted by molar-refractivity contribution is 0.288. The van der Waals surface area contributed by atoms with Crippen LogP contribution in [0.5, 0.6) is 0 Å². The summed E-state index contributed by atoms with van der Waals surface area (Å²) in [6, 6.07) is 0.495. The second-order valence-corrected chi connectivity index (χ2v) is 3.68. The van der Waals surface area contributed by atoms with Crippen molar-refractivity contribution in [1.29, 1.82) is 0 Å². The lowest BCUT2D eigenvalue weighted by atomic mass is 9.83. The molecule has 0 aromatic carbocycles. The van der Waals surface area contributed by atoms with E-state index in [9.17, 15) is 0 Å². The molecule has 1 aliphatic carbocycles. The molecular formula is C9H20N2. The van der Waals surface area contributed by atoms with E-state index < -0.39 is 0 Å². The molecule has 11 heavy (non-hydrogen) atoms. The van der Waals surface area contributed by atoms with Crippen molar-refractivity contribution in [3.63, 3.8) is 0 Å². The van der Waals surface area contributed by atoms with E-state index >= 15 is 0 Å². The Balaban J connectivity index is 1.86. The van der Waals surface area contributed by atoms with Crippen molar-refractivity contribution in [2.75, 3.05) is 13.1 Å². The molecule has 1 atom stereocenters. The van der Waals surface area contributed by atoms with Gasteiger partial charge in [0.15, 0.2) is 0 Å². The summed E-state index contributed by atoms with van der Waals surface area (Å²) in [6.07, 6.45) is 5.72. The maximum Gasteiger partial charge on any atom is 0.0161 e. The zero-order valence-electron chi connectivity index (χ0n) is 7.47. The van der Waals surface area contributed by atoms with Crippen LogP contribution in [0.4, 0.5) is 0 Å². The van der Waals surface area contributed by atoms with Gasteiger partial charge < -0.3 is 11.1 Å². The van der Waals surface area contributed by atoms with Crippen molar-refractivity contribution < 1.29 is 0 Å². The van der Waals surface area contributed by atoms with Gasteiger partial charge in [-0.2, -0.15) is 0 Å². The van der Waals surface area contributed by atoms with Gasteiger partial charge in [-0.25, -0.2) is 0 Å². The number of nitrogens with one attached hydrogen (secondary N) is 1. The molecular weight excluding hydrogens is 136 g/mol. The van der Waals surface area contributed by atoms with E-state index in [1.54, 1.807) is 0 Å². The van der Waals surface area contributed by atoms with Gasteiger partial charge in [0, 0.05) is 12.6 Å². The van der Waals surface area contributed by atoms with Crippen LogP contribution in [0.15, 0.2) is 0 Å². The summed E-state index contributed by atoms with van der Waals surface area (Å²) in [5.41, 5.74) is 5.47. The number of hydrogen-bond acceptors (Lipinski definition) is 2. The van der Waals surface area contributed by atoms with Crippen LogP contribution in [0, 0.1) is 5.92 Å². The van der Waals surface area contributed by atoms with Gasteiger partial charge in [-0.3, -0.25) is 0 Å². The molecule has 66 valence electrons. The Morgan fingerprint density at radius 2 is 2.27 bits per heavy atom. The molecule has 0 heterocycles. The summed E-state index contributed by atoms with van der Waals surface area (Å²) in [5.74, 6) is 1.02. The van der Waals surface area contributed by atoms with E-state index in [2.05, 4.69) is 12.2 Å². The Morgan fingerprint density at radius 3 is 2.73 bits per heavy atom. The van der Waals surface area contributed by atoms with Gasteiger partial charge in [0.2, 0.25) is 0 Å². The third-order valence-electron chi connectivity index (χ3n) is 2.62. The molecule has 0 unspecified atom stereocenters. The summed E-state index contributed by atoms with van der Waals surface area (Å²) >= 11 is 0. The molecule has 1 aliphatic rings. The van der Waals surface area contributed by atoms with Crippen molar-refractivity contribution >= 4 is 0 Å². The largest absolute Gasteiger partial charge is 0.329 e. The highest BCUT2D eigenvalue weighted by Crippen LogP contribution is 2.28. The SMILES string of the molecule is C[C@@H](CN)NCCC1CCC1. The number of nitrogens with two attached hydrogens (primary N) is 1. The minimum Gasteiger partial charge on any atom is -0.329 e. The minimum atomic E-state index is 0.495. The molecule has 0 aromatic rings. The highest BCUT2D eigenvalue weighted by molar-refractivity contribution is 4.71. The van der Waals surface area contributed by atoms with Crippen LogP contribution in [0.2, 0.25) is 0 Å². The predicted octanol–water partition coefficient (Wildman–Crippen LogP) is 1.11. The van der Waals surface area contributed by atoms with Crippen molar-refractivity contribution in [2.45, 2.75) is 38.6 Å². The van der Waals surface area contributed by atoms with Crippen LogP contribution in [0.1, 0.15) is 32.6 Å². The summed E-state index contributed by atoms with van der Waals surface area (Å²) in [5, 5.41) is 3.41. The highest BCUT2D eigenvalue weighted by Gasteiger charge is 2.16. The lowest BCUT2D eigenvalue weighted by Crippen LogP contribution is -2.34. The van der Waals surface area contributed by atoms with E-state index in [-0.39, 0.29) is 0 Å². The molecule has 3 N–H and O–H groups in total. The monoisotopic (exact) mass is 156 g/mol. The van der Waals surface area contributed by atoms with Crippen molar-refractivity contribution in [3.8, 4) is 0 Å². The molecule has 2 nitrogen and oxygen atoms in total. The van der Waals surface area contributed by atoms with Crippen LogP contribution >= 0.6 is 0 Å². The van der Waals surface area contributed by atoms with Gasteiger partial charge in [-0.05, 0) is 25.8 Å². The predicted molar refractivity (Wildman–Crippen MR) is 48.5 cm³/mol. The second-order valence-electron chi connectivity index (χ2n) is 3.68. The molecule has 1 rings (SSSR count). The normalized spacial score (nSPS) is 21.3. The van der Waals surface area contributed by atoms with Crippen molar-refractivity contribution in [1.82, 2.24) is 5.32 Å². The molecule has 0 radical (unpaired) electrons. The maximum absolute atomic E-state index is 5.47. The first kappa shape index (κ1) is 9.01. The third kappa shape index (κ3) is 3.21. The average Bonchev–Trinajstić information content (AvgIpc) is 1.94. The van der Waals surface area contributed by atoms with Crippen molar-refractivity contribution in [3.05, 3.63) is 0 Å². The minimum absolute atomic E-state index is 0.495. The first-order valence-electron chi connectivity index (χ1n) is 4.76. The first-order chi connectivity index (χ1) is 5.33. The van der Waals surface area contributed by atoms with Crippen molar-refractivity contribution in [2.24, 2.45) is 11.7 Å². The van der Waals surface area contributed by atoms with E-state index in [0.717, 1.165) is 19.0 Å². The summed E-state index contributed by atoms with van der Waals surface area (Å²) in [6.45, 7) is 4.05. The zero-order valence-corrected chi connectivity index (χ0v) is 7.47. The number of hydrogen-bond donors (Lipinski definition) is 2. The molecule has 0 aliphatic heterocycles. The van der Waals surface area contributed by atoms with Crippen LogP contribution < -0.4 is 11.1 Å². The molecule has 0 aromatic heterocycles. The topological polar surface area (TPSA) is 38.0 Å². The van der Waals surface area contributed by atoms with E-state index in [1.807, 2.05) is 0 Å². The second kappa shape index (κ2) is 4.73. The summed E-state index contributed by atoms with van der Waals surface area (Å²) < 4.78 is 0. The Labute approximate surface area is 69.5 Å². The molecule has 0 amide bonds. The van der Waals surface area contributed by atoms with Crippen LogP contribution in [0.25, 0.3) is 0 Å². The number of rotatable bonds is 5. The third-order valence-corrected chi connectivity index (χ3v) is 2.62. The Morgan fingerprint density at radius 1 is 1.55 bits per heavy atom. The first-order valence-corrected chi connectivity index (χ1v) is 4.76. The summed E-state index contributed by atoms with van der Waals surface area (Å²) in [7, 11) is 0. The quantitative estimate of drug-likeness (QED) is 0.626. The Kier molecular flexibility index (Phi) is 3.87. The standard InChI is InChI=1S/C9H20N2/c1-8(7-10)11-6-5-9-3-2-4-9/h8-9,11H,2-7,10H2,1H3/t8-/m0/s1. The smallest absolute Gasteiger partial charge is 0.0161 e. The average molecular weight is 156 g/mol. The zero-order chi connectivity index (χ0) is 8.10. The van der Waals surface area contributed by atoms with Gasteiger partial charge in [0.25, 0.3) is 0 Å². The van der Waals surface area contributed by atoms with Crippen LogP contribution in [-0.2, 0) is 0 Å². The van der Waals surface area contributed by atoms with Gasteiger partial charge in [0.1, 0.15) is 0 Å². The van der Waals surface area contributed by atoms with E-state index in [1.165, 1.54) is 25.7 Å². The fourth-order valence-corrected chi connectivity index (χ4v) is 1.40. The van der Waals surface area contributed by atoms with Gasteiger partial charge >= 0.3 is 0 Å². The van der Waals surface area contributed by atoms with Gasteiger partial charge in [-0.15, -0.1) is 0 Å².